The molecule has 0 saturated heterocycles. The largest absolute Gasteiger partial charge is 0.327 e. The molecule has 1 aromatic carbocycles. The van der Waals surface area contributed by atoms with Crippen LogP contribution in [-0.4, -0.2) is 6.04 Å². The lowest BCUT2D eigenvalue weighted by atomic mass is 9.78. The van der Waals surface area contributed by atoms with Crippen LogP contribution in [0.5, 0.6) is 0 Å². The van der Waals surface area contributed by atoms with Crippen LogP contribution in [0.2, 0.25) is 5.02 Å². The summed E-state index contributed by atoms with van der Waals surface area (Å²) in [6, 6.07) is 6.52. The van der Waals surface area contributed by atoms with Crippen LogP contribution in [0.4, 0.5) is 0 Å². The molecule has 1 aliphatic rings. The molecule has 0 bridgehead atoms. The minimum absolute atomic E-state index is 0.291. The first-order valence-corrected chi connectivity index (χ1v) is 6.05. The Balaban J connectivity index is 2.03. The van der Waals surface area contributed by atoms with Gasteiger partial charge in [0.05, 0.1) is 0 Å². The van der Waals surface area contributed by atoms with Gasteiger partial charge in [0.2, 0.25) is 0 Å². The van der Waals surface area contributed by atoms with Crippen LogP contribution in [0, 0.1) is 12.8 Å². The number of nitrogens with two attached hydrogens (primary N) is 1. The van der Waals surface area contributed by atoms with Crippen LogP contribution in [0.25, 0.3) is 0 Å². The summed E-state index contributed by atoms with van der Waals surface area (Å²) in [5.74, 6) is 0.724. The fraction of sp³-hybridized carbons (Fsp3) is 0.538. The van der Waals surface area contributed by atoms with Gasteiger partial charge in [-0.15, -0.1) is 0 Å². The van der Waals surface area contributed by atoms with Crippen LogP contribution >= 0.6 is 11.6 Å². The molecule has 2 heteroatoms. The van der Waals surface area contributed by atoms with E-state index in [1.165, 1.54) is 30.4 Å². The zero-order chi connectivity index (χ0) is 10.8. The highest BCUT2D eigenvalue weighted by Crippen LogP contribution is 2.31. The number of benzene rings is 1. The van der Waals surface area contributed by atoms with Crippen molar-refractivity contribution >= 4 is 11.6 Å². The maximum atomic E-state index is 6.18. The minimum Gasteiger partial charge on any atom is -0.327 e. The Hall–Kier alpha value is -0.530. The summed E-state index contributed by atoms with van der Waals surface area (Å²) in [5.41, 5.74) is 8.56. The molecule has 0 spiro atoms. The quantitative estimate of drug-likeness (QED) is 0.836. The number of aryl methyl sites for hydroxylation is 1. The summed E-state index contributed by atoms with van der Waals surface area (Å²) in [6.45, 7) is 2.06. The van der Waals surface area contributed by atoms with E-state index in [-0.39, 0.29) is 0 Å². The van der Waals surface area contributed by atoms with E-state index in [9.17, 15) is 0 Å². The lowest BCUT2D eigenvalue weighted by Crippen LogP contribution is -2.36. The molecule has 1 aliphatic carbocycles. The van der Waals surface area contributed by atoms with Gasteiger partial charge in [-0.1, -0.05) is 30.2 Å². The topological polar surface area (TPSA) is 26.0 Å². The molecule has 1 saturated carbocycles. The number of rotatable bonds is 3. The van der Waals surface area contributed by atoms with Gasteiger partial charge in [0.15, 0.2) is 0 Å². The van der Waals surface area contributed by atoms with Crippen molar-refractivity contribution in [1.82, 2.24) is 0 Å². The molecule has 1 nitrogen and oxygen atoms in total. The smallest absolute Gasteiger partial charge is 0.0441 e. The maximum absolute atomic E-state index is 6.18. The highest BCUT2D eigenvalue weighted by Gasteiger charge is 2.24. The van der Waals surface area contributed by atoms with Gasteiger partial charge in [-0.25, -0.2) is 0 Å². The lowest BCUT2D eigenvalue weighted by Gasteiger charge is -2.31. The molecule has 15 heavy (non-hydrogen) atoms. The van der Waals surface area contributed by atoms with Gasteiger partial charge in [0, 0.05) is 11.1 Å². The zero-order valence-corrected chi connectivity index (χ0v) is 9.93. The molecule has 0 aliphatic heterocycles. The summed E-state index contributed by atoms with van der Waals surface area (Å²) in [4.78, 5) is 0. The fourth-order valence-electron chi connectivity index (χ4n) is 2.11. The Morgan fingerprint density at radius 2 is 2.20 bits per heavy atom. The van der Waals surface area contributed by atoms with E-state index in [2.05, 4.69) is 19.1 Å². The second-order valence-corrected chi connectivity index (χ2v) is 5.06. The SMILES string of the molecule is Cc1ccc(CC(N)C2CCC2)c(Cl)c1. The first-order chi connectivity index (χ1) is 7.16. The molecular weight excluding hydrogens is 206 g/mol. The van der Waals surface area contributed by atoms with Gasteiger partial charge in [-0.2, -0.15) is 0 Å². The van der Waals surface area contributed by atoms with Gasteiger partial charge in [0.25, 0.3) is 0 Å². The predicted octanol–water partition coefficient (Wildman–Crippen LogP) is 3.32. The van der Waals surface area contributed by atoms with Crippen LogP contribution in [0.15, 0.2) is 18.2 Å². The second kappa shape index (κ2) is 4.54. The number of hydrogen-bond acceptors (Lipinski definition) is 1. The van der Waals surface area contributed by atoms with Gasteiger partial charge in [-0.3, -0.25) is 0 Å². The summed E-state index contributed by atoms with van der Waals surface area (Å²) in [5, 5.41) is 0.866. The van der Waals surface area contributed by atoms with Crippen LogP contribution in [-0.2, 0) is 6.42 Å². The standard InChI is InChI=1S/C13H18ClN/c1-9-5-6-11(12(14)7-9)8-13(15)10-3-2-4-10/h5-7,10,13H,2-4,8,15H2,1H3. The molecule has 0 aromatic heterocycles. The third-order valence-corrected chi connectivity index (χ3v) is 3.77. The first kappa shape index (κ1) is 11.0. The summed E-state index contributed by atoms with van der Waals surface area (Å²) in [7, 11) is 0. The molecule has 1 fully saturated rings. The lowest BCUT2D eigenvalue weighted by molar-refractivity contribution is 0.260. The highest BCUT2D eigenvalue weighted by atomic mass is 35.5. The highest BCUT2D eigenvalue weighted by molar-refractivity contribution is 6.31. The molecule has 1 aromatic rings. The van der Waals surface area contributed by atoms with Crippen molar-refractivity contribution in [2.45, 2.75) is 38.6 Å². The van der Waals surface area contributed by atoms with E-state index in [1.807, 2.05) is 6.07 Å². The van der Waals surface area contributed by atoms with Crippen LogP contribution < -0.4 is 5.73 Å². The van der Waals surface area contributed by atoms with Crippen molar-refractivity contribution in [2.75, 3.05) is 0 Å². The Morgan fingerprint density at radius 3 is 2.73 bits per heavy atom. The Morgan fingerprint density at radius 1 is 1.47 bits per heavy atom. The second-order valence-electron chi connectivity index (χ2n) is 4.65. The van der Waals surface area contributed by atoms with Gasteiger partial charge < -0.3 is 5.73 Å². The maximum Gasteiger partial charge on any atom is 0.0441 e. The molecular formula is C13H18ClN. The molecule has 1 atom stereocenters. The molecule has 0 heterocycles. The van der Waals surface area contributed by atoms with Crippen molar-refractivity contribution < 1.29 is 0 Å². The van der Waals surface area contributed by atoms with E-state index in [4.69, 9.17) is 17.3 Å². The Bertz CT molecular complexity index is 344. The number of halogens is 1. The van der Waals surface area contributed by atoms with E-state index in [0.717, 1.165) is 17.4 Å². The van der Waals surface area contributed by atoms with Gasteiger partial charge >= 0.3 is 0 Å². The molecule has 2 rings (SSSR count). The monoisotopic (exact) mass is 223 g/mol. The van der Waals surface area contributed by atoms with Gasteiger partial charge in [-0.05, 0) is 49.3 Å². The minimum atomic E-state index is 0.291. The van der Waals surface area contributed by atoms with E-state index < -0.39 is 0 Å². The molecule has 1 unspecified atom stereocenters. The molecule has 82 valence electrons. The predicted molar refractivity (Wildman–Crippen MR) is 65.2 cm³/mol. The summed E-state index contributed by atoms with van der Waals surface area (Å²) in [6.07, 6.45) is 4.86. The third-order valence-electron chi connectivity index (χ3n) is 3.42. The van der Waals surface area contributed by atoms with E-state index in [0.29, 0.717) is 6.04 Å². The van der Waals surface area contributed by atoms with Gasteiger partial charge in [0.1, 0.15) is 0 Å². The van der Waals surface area contributed by atoms with Crippen molar-refractivity contribution in [3.05, 3.63) is 34.3 Å². The third kappa shape index (κ3) is 2.53. The molecule has 0 radical (unpaired) electrons. The first-order valence-electron chi connectivity index (χ1n) is 5.67. The molecule has 0 amide bonds. The Labute approximate surface area is 96.6 Å². The summed E-state index contributed by atoms with van der Waals surface area (Å²) >= 11 is 6.18. The average Bonchev–Trinajstić information content (AvgIpc) is 2.07. The normalized spacial score (nSPS) is 18.6. The average molecular weight is 224 g/mol. The van der Waals surface area contributed by atoms with E-state index in [1.54, 1.807) is 0 Å². The Kier molecular flexibility index (Phi) is 3.32. The number of hydrogen-bond donors (Lipinski definition) is 1. The van der Waals surface area contributed by atoms with Crippen molar-refractivity contribution in [2.24, 2.45) is 11.7 Å². The van der Waals surface area contributed by atoms with Crippen LogP contribution in [0.1, 0.15) is 30.4 Å². The zero-order valence-electron chi connectivity index (χ0n) is 9.17. The molecule has 2 N–H and O–H groups in total. The van der Waals surface area contributed by atoms with E-state index >= 15 is 0 Å². The van der Waals surface area contributed by atoms with Crippen molar-refractivity contribution in [3.63, 3.8) is 0 Å². The van der Waals surface area contributed by atoms with Crippen molar-refractivity contribution in [3.8, 4) is 0 Å². The van der Waals surface area contributed by atoms with Crippen molar-refractivity contribution in [1.29, 1.82) is 0 Å². The fourth-order valence-corrected chi connectivity index (χ4v) is 2.42. The summed E-state index contributed by atoms with van der Waals surface area (Å²) < 4.78 is 0. The van der Waals surface area contributed by atoms with Crippen LogP contribution in [0.3, 0.4) is 0 Å².